The van der Waals surface area contributed by atoms with Crippen molar-refractivity contribution >= 4 is 17.3 Å². The van der Waals surface area contributed by atoms with Crippen LogP contribution in [0.2, 0.25) is 0 Å². The smallest absolute Gasteiger partial charge is 0.245 e. The van der Waals surface area contributed by atoms with E-state index in [0.29, 0.717) is 32.6 Å². The van der Waals surface area contributed by atoms with Crippen molar-refractivity contribution in [3.8, 4) is 0 Å². The number of nitrogens with one attached hydrogen (secondary N) is 1. The van der Waals surface area contributed by atoms with Crippen molar-refractivity contribution in [3.05, 3.63) is 23.8 Å². The number of nitrogens with two attached hydrogens (primary N) is 1. The molecule has 4 N–H and O–H groups in total. The standard InChI is InChI=1S/C15H21N3O3/c1-18(9-15(20)4-6-21-7-5-15)10-2-3-11-12(8-10)17-14(19)13(11)16/h2-3,8,13,20H,4-7,9,16H2,1H3,(H,17,19). The highest BCUT2D eigenvalue weighted by atomic mass is 16.5. The minimum absolute atomic E-state index is 0.173. The highest BCUT2D eigenvalue weighted by molar-refractivity contribution is 6.02. The average Bonchev–Trinajstić information content (AvgIpc) is 2.74. The molecule has 0 aliphatic carbocycles. The molecule has 2 aliphatic rings. The van der Waals surface area contributed by atoms with Crippen molar-refractivity contribution in [1.82, 2.24) is 0 Å². The summed E-state index contributed by atoms with van der Waals surface area (Å²) in [7, 11) is 1.94. The Hall–Kier alpha value is -1.63. The molecule has 0 aromatic heterocycles. The second kappa shape index (κ2) is 5.29. The Balaban J connectivity index is 1.75. The molecule has 3 rings (SSSR count). The number of hydrogen-bond donors (Lipinski definition) is 3. The number of carbonyl (C=O) groups excluding carboxylic acids is 1. The third-order valence-corrected chi connectivity index (χ3v) is 4.31. The van der Waals surface area contributed by atoms with E-state index >= 15 is 0 Å². The van der Waals surface area contributed by atoms with Crippen LogP contribution < -0.4 is 16.0 Å². The van der Waals surface area contributed by atoms with Gasteiger partial charge in [-0.1, -0.05) is 6.07 Å². The Kier molecular flexibility index (Phi) is 3.61. The number of anilines is 2. The van der Waals surface area contributed by atoms with Gasteiger partial charge in [0.1, 0.15) is 6.04 Å². The summed E-state index contributed by atoms with van der Waals surface area (Å²) < 4.78 is 5.30. The molecule has 1 fully saturated rings. The molecule has 2 aliphatic heterocycles. The van der Waals surface area contributed by atoms with Gasteiger partial charge in [0.25, 0.3) is 0 Å². The van der Waals surface area contributed by atoms with Crippen LogP contribution in [-0.4, -0.2) is 43.4 Å². The lowest BCUT2D eigenvalue weighted by Gasteiger charge is -2.36. The van der Waals surface area contributed by atoms with Gasteiger partial charge in [0.15, 0.2) is 0 Å². The van der Waals surface area contributed by atoms with Crippen LogP contribution in [0.15, 0.2) is 18.2 Å². The third kappa shape index (κ3) is 2.74. The van der Waals surface area contributed by atoms with Crippen LogP contribution in [0.5, 0.6) is 0 Å². The molecule has 1 atom stereocenters. The minimum atomic E-state index is -0.717. The molecule has 6 nitrogen and oxygen atoms in total. The Morgan fingerprint density at radius 2 is 2.19 bits per heavy atom. The van der Waals surface area contributed by atoms with Crippen molar-refractivity contribution in [3.63, 3.8) is 0 Å². The summed E-state index contributed by atoms with van der Waals surface area (Å²) in [6.07, 6.45) is 1.29. The zero-order valence-electron chi connectivity index (χ0n) is 12.1. The number of aliphatic hydroxyl groups is 1. The summed E-state index contributed by atoms with van der Waals surface area (Å²) in [4.78, 5) is 13.6. The Morgan fingerprint density at radius 1 is 1.48 bits per heavy atom. The second-order valence-electron chi connectivity index (χ2n) is 5.93. The van der Waals surface area contributed by atoms with Crippen LogP contribution in [0.1, 0.15) is 24.4 Å². The fourth-order valence-corrected chi connectivity index (χ4v) is 2.96. The highest BCUT2D eigenvalue weighted by Gasteiger charge is 2.32. The van der Waals surface area contributed by atoms with E-state index in [-0.39, 0.29) is 5.91 Å². The molecule has 0 bridgehead atoms. The Bertz CT molecular complexity index is 555. The summed E-state index contributed by atoms with van der Waals surface area (Å²) >= 11 is 0. The number of ether oxygens (including phenoxy) is 1. The zero-order valence-corrected chi connectivity index (χ0v) is 12.1. The Morgan fingerprint density at radius 3 is 2.90 bits per heavy atom. The molecule has 1 unspecified atom stereocenters. The Labute approximate surface area is 123 Å². The van der Waals surface area contributed by atoms with Crippen molar-refractivity contribution < 1.29 is 14.6 Å². The van der Waals surface area contributed by atoms with Gasteiger partial charge in [0.05, 0.1) is 5.60 Å². The summed E-state index contributed by atoms with van der Waals surface area (Å²) in [6, 6.07) is 5.13. The largest absolute Gasteiger partial charge is 0.388 e. The van der Waals surface area contributed by atoms with E-state index in [4.69, 9.17) is 10.5 Å². The van der Waals surface area contributed by atoms with E-state index < -0.39 is 11.6 Å². The predicted octanol–water partition coefficient (Wildman–Crippen LogP) is 0.616. The van der Waals surface area contributed by atoms with Gasteiger partial charge in [-0.2, -0.15) is 0 Å². The quantitative estimate of drug-likeness (QED) is 0.759. The van der Waals surface area contributed by atoms with Crippen molar-refractivity contribution in [2.45, 2.75) is 24.5 Å². The van der Waals surface area contributed by atoms with Gasteiger partial charge < -0.3 is 25.8 Å². The maximum absolute atomic E-state index is 11.6. The van der Waals surface area contributed by atoms with Crippen LogP contribution in [0.25, 0.3) is 0 Å². The van der Waals surface area contributed by atoms with Gasteiger partial charge in [0.2, 0.25) is 5.91 Å². The van der Waals surface area contributed by atoms with Crippen LogP contribution in [0.4, 0.5) is 11.4 Å². The molecule has 1 aromatic carbocycles. The number of nitrogens with zero attached hydrogens (tertiary/aromatic N) is 1. The number of benzene rings is 1. The molecule has 0 radical (unpaired) electrons. The summed E-state index contributed by atoms with van der Waals surface area (Å²) in [5.41, 5.74) is 7.62. The molecule has 114 valence electrons. The molecular formula is C15H21N3O3. The summed E-state index contributed by atoms with van der Waals surface area (Å²) in [5, 5.41) is 13.4. The molecule has 6 heteroatoms. The number of carbonyl (C=O) groups is 1. The fraction of sp³-hybridized carbons (Fsp3) is 0.533. The molecule has 1 aromatic rings. The molecule has 0 spiro atoms. The fourth-order valence-electron chi connectivity index (χ4n) is 2.96. The average molecular weight is 291 g/mol. The van der Waals surface area contributed by atoms with Crippen LogP contribution in [0.3, 0.4) is 0 Å². The highest BCUT2D eigenvalue weighted by Crippen LogP contribution is 2.33. The van der Waals surface area contributed by atoms with Gasteiger partial charge in [-0.15, -0.1) is 0 Å². The van der Waals surface area contributed by atoms with Crippen molar-refractivity contribution in [1.29, 1.82) is 0 Å². The van der Waals surface area contributed by atoms with E-state index in [2.05, 4.69) is 5.32 Å². The first-order valence-corrected chi connectivity index (χ1v) is 7.20. The van der Waals surface area contributed by atoms with Gasteiger partial charge in [-0.25, -0.2) is 0 Å². The predicted molar refractivity (Wildman–Crippen MR) is 80.3 cm³/mol. The molecule has 1 amide bonds. The first kappa shape index (κ1) is 14.3. The van der Waals surface area contributed by atoms with E-state index in [0.717, 1.165) is 16.9 Å². The number of fused-ring (bicyclic) bond motifs is 1. The zero-order chi connectivity index (χ0) is 15.0. The van der Waals surface area contributed by atoms with E-state index in [1.54, 1.807) is 0 Å². The molecule has 1 saturated heterocycles. The lowest BCUT2D eigenvalue weighted by molar-refractivity contribution is -0.116. The lowest BCUT2D eigenvalue weighted by atomic mass is 9.93. The first-order chi connectivity index (χ1) is 9.98. The molecular weight excluding hydrogens is 270 g/mol. The van der Waals surface area contributed by atoms with Gasteiger partial charge in [0, 0.05) is 56.6 Å². The number of amides is 1. The maximum Gasteiger partial charge on any atom is 0.245 e. The topological polar surface area (TPSA) is 87.8 Å². The maximum atomic E-state index is 11.6. The minimum Gasteiger partial charge on any atom is -0.388 e. The molecule has 2 heterocycles. The van der Waals surface area contributed by atoms with Gasteiger partial charge in [-0.05, 0) is 12.1 Å². The normalized spacial score (nSPS) is 23.6. The van der Waals surface area contributed by atoms with Gasteiger partial charge >= 0.3 is 0 Å². The van der Waals surface area contributed by atoms with E-state index in [1.165, 1.54) is 0 Å². The van der Waals surface area contributed by atoms with Gasteiger partial charge in [-0.3, -0.25) is 4.79 Å². The SMILES string of the molecule is CN(CC1(O)CCOCC1)c1ccc2c(c1)NC(=O)C2N. The van der Waals surface area contributed by atoms with E-state index in [9.17, 15) is 9.90 Å². The third-order valence-electron chi connectivity index (χ3n) is 4.31. The molecule has 0 saturated carbocycles. The van der Waals surface area contributed by atoms with Crippen molar-refractivity contribution in [2.24, 2.45) is 5.73 Å². The van der Waals surface area contributed by atoms with Crippen LogP contribution in [-0.2, 0) is 9.53 Å². The van der Waals surface area contributed by atoms with E-state index in [1.807, 2.05) is 30.1 Å². The first-order valence-electron chi connectivity index (χ1n) is 7.20. The number of rotatable bonds is 3. The van der Waals surface area contributed by atoms with Crippen LogP contribution in [0, 0.1) is 0 Å². The summed E-state index contributed by atoms with van der Waals surface area (Å²) in [5.74, 6) is -0.173. The number of likely N-dealkylation sites (N-methyl/N-ethyl adjacent to an activating group) is 1. The molecule has 21 heavy (non-hydrogen) atoms. The number of hydrogen-bond acceptors (Lipinski definition) is 5. The van der Waals surface area contributed by atoms with Crippen molar-refractivity contribution in [2.75, 3.05) is 37.0 Å². The lowest BCUT2D eigenvalue weighted by Crippen LogP contribution is -2.45. The van der Waals surface area contributed by atoms with Crippen LogP contribution >= 0.6 is 0 Å². The second-order valence-corrected chi connectivity index (χ2v) is 5.93. The monoisotopic (exact) mass is 291 g/mol. The summed E-state index contributed by atoms with van der Waals surface area (Å²) in [6.45, 7) is 1.73.